The number of rotatable bonds is 19. The van der Waals surface area contributed by atoms with E-state index in [4.69, 9.17) is 4.74 Å². The summed E-state index contributed by atoms with van der Waals surface area (Å²) in [5.74, 6) is -3.63. The highest BCUT2D eigenvalue weighted by molar-refractivity contribution is 8.17. The number of thioether (sulfide) groups is 2. The van der Waals surface area contributed by atoms with Gasteiger partial charge in [-0.3, -0.25) is 24.0 Å². The summed E-state index contributed by atoms with van der Waals surface area (Å²) in [6, 6.07) is 3.42. The molecule has 2 aliphatic rings. The number of Topliss-reactive ketones (excluding diaryl/α,β-unsaturated/α-hetero) is 1. The van der Waals surface area contributed by atoms with Crippen LogP contribution < -0.4 is 26.6 Å². The summed E-state index contributed by atoms with van der Waals surface area (Å²) < 4.78 is 5.31. The first kappa shape index (κ1) is 42.6. The number of aliphatic carboxylic acids is 1. The molecule has 0 bridgehead atoms. The fraction of sp³-hybridized carbons (Fsp3) is 0.639. The van der Waals surface area contributed by atoms with Crippen molar-refractivity contribution in [3.63, 3.8) is 0 Å². The van der Waals surface area contributed by atoms with Crippen molar-refractivity contribution < 1.29 is 43.4 Å². The zero-order valence-corrected chi connectivity index (χ0v) is 31.8. The molecule has 14 nitrogen and oxygen atoms in total. The van der Waals surface area contributed by atoms with Crippen LogP contribution in [0.1, 0.15) is 90.2 Å². The first-order valence-electron chi connectivity index (χ1n) is 18.1. The maximum atomic E-state index is 13.9. The van der Waals surface area contributed by atoms with Gasteiger partial charge in [-0.25, -0.2) is 9.59 Å². The second-order valence-electron chi connectivity index (χ2n) is 13.5. The molecule has 0 aromatic heterocycles. The number of nitrogens with one attached hydrogen (secondary N) is 5. The van der Waals surface area contributed by atoms with Gasteiger partial charge in [0.15, 0.2) is 6.04 Å². The van der Waals surface area contributed by atoms with E-state index in [2.05, 4.69) is 26.6 Å². The molecule has 6 N–H and O–H groups in total. The average molecular weight is 764 g/mol. The van der Waals surface area contributed by atoms with E-state index in [-0.39, 0.29) is 35.9 Å². The van der Waals surface area contributed by atoms with Crippen LogP contribution in [-0.2, 0) is 33.5 Å². The Labute approximate surface area is 313 Å². The number of carboxylic acid groups (broad SMARTS) is 1. The summed E-state index contributed by atoms with van der Waals surface area (Å²) in [6.45, 7) is 5.11. The summed E-state index contributed by atoms with van der Waals surface area (Å²) in [6.07, 6.45) is 5.44. The molecule has 2 fully saturated rings. The third kappa shape index (κ3) is 14.3. The molecule has 1 aliphatic heterocycles. The molecule has 5 amide bonds. The Morgan fingerprint density at radius 3 is 2.12 bits per heavy atom. The largest absolute Gasteiger partial charge is 0.479 e. The number of alkyl carbamates (subject to hydrolysis) is 1. The summed E-state index contributed by atoms with van der Waals surface area (Å²) in [5.41, 5.74) is 0.329. The lowest BCUT2D eigenvalue weighted by Crippen LogP contribution is -2.58. The number of hydrogen-bond acceptors (Lipinski definition) is 10. The van der Waals surface area contributed by atoms with Gasteiger partial charge in [0.25, 0.3) is 5.91 Å². The molecule has 1 saturated heterocycles. The first-order chi connectivity index (χ1) is 24.9. The second kappa shape index (κ2) is 22.3. The Bertz CT molecular complexity index is 1370. The molecule has 4 atom stereocenters. The normalized spacial score (nSPS) is 17.5. The van der Waals surface area contributed by atoms with Crippen molar-refractivity contribution in [2.45, 2.75) is 107 Å². The van der Waals surface area contributed by atoms with Gasteiger partial charge in [-0.15, -0.1) is 23.5 Å². The van der Waals surface area contributed by atoms with Crippen LogP contribution in [0, 0.1) is 11.8 Å². The minimum atomic E-state index is -1.36. The highest BCUT2D eigenvalue weighted by Crippen LogP contribution is 2.34. The fourth-order valence-corrected chi connectivity index (χ4v) is 8.96. The maximum Gasteiger partial charge on any atom is 0.407 e. The van der Waals surface area contributed by atoms with Crippen molar-refractivity contribution in [2.24, 2.45) is 11.8 Å². The lowest BCUT2D eigenvalue weighted by Gasteiger charge is -2.32. The summed E-state index contributed by atoms with van der Waals surface area (Å²) in [4.78, 5) is 91.1. The molecule has 1 aromatic carbocycles. The molecule has 4 unspecified atom stereocenters. The highest BCUT2D eigenvalue weighted by Gasteiger charge is 2.36. The molecular formula is C36H53N5O9S2. The minimum Gasteiger partial charge on any atom is -0.479 e. The van der Waals surface area contributed by atoms with Crippen molar-refractivity contribution in [1.29, 1.82) is 0 Å². The predicted molar refractivity (Wildman–Crippen MR) is 199 cm³/mol. The zero-order valence-electron chi connectivity index (χ0n) is 30.2. The SMILES string of the molecule is CCCC(NC(=O)C(CC1SCCCS1)NC(=O)C(NC(=O)OCC(C)C)C1CCCCC1)C(=O)C(=O)NCC(=O)NC(C(=O)O)c1ccccc1. The third-order valence-electron chi connectivity index (χ3n) is 8.71. The second-order valence-corrected chi connectivity index (χ2v) is 16.4. The number of benzene rings is 1. The van der Waals surface area contributed by atoms with Crippen molar-refractivity contribution >= 4 is 65.0 Å². The van der Waals surface area contributed by atoms with E-state index in [1.807, 2.05) is 13.8 Å². The predicted octanol–water partition coefficient (Wildman–Crippen LogP) is 3.30. The minimum absolute atomic E-state index is 0.00505. The number of carbonyl (C=O) groups excluding carboxylic acids is 6. The van der Waals surface area contributed by atoms with Crippen LogP contribution in [0.4, 0.5) is 4.79 Å². The topological polar surface area (TPSA) is 209 Å². The van der Waals surface area contributed by atoms with E-state index in [9.17, 15) is 38.7 Å². The first-order valence-corrected chi connectivity index (χ1v) is 20.2. The third-order valence-corrected chi connectivity index (χ3v) is 11.7. The molecule has 52 heavy (non-hydrogen) atoms. The smallest absolute Gasteiger partial charge is 0.407 e. The quantitative estimate of drug-likeness (QED) is 0.113. The van der Waals surface area contributed by atoms with Gasteiger partial charge >= 0.3 is 12.1 Å². The van der Waals surface area contributed by atoms with Crippen LogP contribution in [0.2, 0.25) is 0 Å². The lowest BCUT2D eigenvalue weighted by atomic mass is 9.83. The summed E-state index contributed by atoms with van der Waals surface area (Å²) in [7, 11) is 0. The van der Waals surface area contributed by atoms with E-state index in [0.717, 1.165) is 50.0 Å². The van der Waals surface area contributed by atoms with Gasteiger partial charge in [0.2, 0.25) is 23.5 Å². The van der Waals surface area contributed by atoms with Crippen molar-refractivity contribution in [1.82, 2.24) is 26.6 Å². The average Bonchev–Trinajstić information content (AvgIpc) is 3.14. The number of ketones is 1. The molecule has 0 radical (unpaired) electrons. The number of hydrogen-bond donors (Lipinski definition) is 6. The Kier molecular flexibility index (Phi) is 18.3. The Hall–Kier alpha value is -3.79. The molecule has 1 aliphatic carbocycles. The molecule has 1 aromatic rings. The molecule has 288 valence electrons. The van der Waals surface area contributed by atoms with Gasteiger partial charge in [-0.1, -0.05) is 76.8 Å². The molecule has 3 rings (SSSR count). The van der Waals surface area contributed by atoms with Crippen molar-refractivity contribution in [3.05, 3.63) is 35.9 Å². The molecule has 1 heterocycles. The maximum absolute atomic E-state index is 13.9. The van der Waals surface area contributed by atoms with Crippen molar-refractivity contribution in [2.75, 3.05) is 24.7 Å². The highest BCUT2D eigenvalue weighted by atomic mass is 32.2. The van der Waals surface area contributed by atoms with E-state index in [1.54, 1.807) is 48.6 Å². The Morgan fingerprint density at radius 2 is 1.50 bits per heavy atom. The number of carboxylic acids is 1. The Balaban J connectivity index is 1.70. The van der Waals surface area contributed by atoms with Gasteiger partial charge in [-0.2, -0.15) is 0 Å². The summed E-state index contributed by atoms with van der Waals surface area (Å²) >= 11 is 3.37. The van der Waals surface area contributed by atoms with Crippen LogP contribution in [0.15, 0.2) is 30.3 Å². The van der Waals surface area contributed by atoms with Crippen LogP contribution in [-0.4, -0.2) is 93.9 Å². The molecule has 16 heteroatoms. The fourth-order valence-electron chi connectivity index (χ4n) is 6.01. The number of amides is 5. The van der Waals surface area contributed by atoms with Gasteiger partial charge in [-0.05, 0) is 61.0 Å². The van der Waals surface area contributed by atoms with E-state index >= 15 is 0 Å². The monoisotopic (exact) mass is 763 g/mol. The molecule has 1 saturated carbocycles. The van der Waals surface area contributed by atoms with Crippen molar-refractivity contribution in [3.8, 4) is 0 Å². The lowest BCUT2D eigenvalue weighted by molar-refractivity contribution is -0.142. The van der Waals surface area contributed by atoms with Gasteiger partial charge in [0.1, 0.15) is 12.1 Å². The van der Waals surface area contributed by atoms with Crippen LogP contribution in [0.25, 0.3) is 0 Å². The van der Waals surface area contributed by atoms with E-state index in [1.165, 1.54) is 12.1 Å². The van der Waals surface area contributed by atoms with E-state index < -0.39 is 72.2 Å². The number of carbonyl (C=O) groups is 7. The van der Waals surface area contributed by atoms with Gasteiger partial charge < -0.3 is 36.4 Å². The van der Waals surface area contributed by atoms with Crippen LogP contribution in [0.3, 0.4) is 0 Å². The molecule has 0 spiro atoms. The van der Waals surface area contributed by atoms with Gasteiger partial charge in [0.05, 0.1) is 23.8 Å². The zero-order chi connectivity index (χ0) is 38.0. The van der Waals surface area contributed by atoms with Crippen LogP contribution >= 0.6 is 23.5 Å². The van der Waals surface area contributed by atoms with Crippen LogP contribution in [0.5, 0.6) is 0 Å². The molecular weight excluding hydrogens is 711 g/mol. The summed E-state index contributed by atoms with van der Waals surface area (Å²) in [5, 5.41) is 22.4. The Morgan fingerprint density at radius 1 is 0.846 bits per heavy atom. The van der Waals surface area contributed by atoms with E-state index in [0.29, 0.717) is 12.0 Å². The van der Waals surface area contributed by atoms with Gasteiger partial charge in [0, 0.05) is 0 Å². The standard InChI is InChI=1S/C36H53N5O9S2/c1-4-12-25(31(43)34(46)37-20-27(42)40-30(35(47)48)24-15-9-6-10-16-24)38-32(44)26(19-28-51-17-11-18-52-28)39-33(45)29(23-13-7-5-8-14-23)41-36(49)50-21-22(2)3/h6,9-10,15-16,22-23,25-26,28-30H,4-5,7-8,11-14,17-21H2,1-3H3,(H,37,46)(H,38,44)(H,39,45)(H,40,42)(H,41,49)(H,47,48). The number of ether oxygens (including phenoxy) is 1.